The predicted octanol–water partition coefficient (Wildman–Crippen LogP) is 3.92. The molecule has 0 aliphatic rings. The van der Waals surface area contributed by atoms with Gasteiger partial charge in [-0.3, -0.25) is 0 Å². The number of halogens is 1. The first-order valence-electron chi connectivity index (χ1n) is 6.33. The summed E-state index contributed by atoms with van der Waals surface area (Å²) >= 11 is 11.0. The number of anilines is 1. The molecule has 0 amide bonds. The number of aryl methyl sites for hydroxylation is 1. The Kier molecular flexibility index (Phi) is 4.63. The summed E-state index contributed by atoms with van der Waals surface area (Å²) in [5, 5.41) is 0.746. The fourth-order valence-corrected chi connectivity index (χ4v) is 2.41. The third-order valence-electron chi connectivity index (χ3n) is 3.16. The summed E-state index contributed by atoms with van der Waals surface area (Å²) in [6.07, 6.45) is 0. The SMILES string of the molecule is Cc1ccc(C(N)=S)c(N(C)Cc2ccc(Cl)cc2)c1. The van der Waals surface area contributed by atoms with E-state index >= 15 is 0 Å². The molecule has 2 nitrogen and oxygen atoms in total. The van der Waals surface area contributed by atoms with Crippen LogP contribution >= 0.6 is 23.8 Å². The predicted molar refractivity (Wildman–Crippen MR) is 90.6 cm³/mol. The molecule has 2 aromatic rings. The zero-order valence-corrected chi connectivity index (χ0v) is 13.1. The van der Waals surface area contributed by atoms with Crippen LogP contribution in [0.2, 0.25) is 5.02 Å². The Morgan fingerprint density at radius 3 is 2.45 bits per heavy atom. The average molecular weight is 305 g/mol. The topological polar surface area (TPSA) is 29.3 Å². The van der Waals surface area contributed by atoms with E-state index in [0.29, 0.717) is 4.99 Å². The third-order valence-corrected chi connectivity index (χ3v) is 3.63. The van der Waals surface area contributed by atoms with Crippen LogP contribution in [-0.4, -0.2) is 12.0 Å². The molecule has 2 aromatic carbocycles. The van der Waals surface area contributed by atoms with Crippen molar-refractivity contribution in [3.63, 3.8) is 0 Å². The summed E-state index contributed by atoms with van der Waals surface area (Å²) in [6.45, 7) is 2.83. The van der Waals surface area contributed by atoms with E-state index in [1.54, 1.807) is 0 Å². The van der Waals surface area contributed by atoms with Gasteiger partial charge >= 0.3 is 0 Å². The van der Waals surface area contributed by atoms with Gasteiger partial charge < -0.3 is 10.6 Å². The molecule has 0 aliphatic heterocycles. The largest absolute Gasteiger partial charge is 0.389 e. The molecule has 2 N–H and O–H groups in total. The van der Waals surface area contributed by atoms with E-state index in [-0.39, 0.29) is 0 Å². The van der Waals surface area contributed by atoms with Crippen LogP contribution in [0.15, 0.2) is 42.5 Å². The van der Waals surface area contributed by atoms with Gasteiger partial charge in [0.05, 0.1) is 0 Å². The summed E-state index contributed by atoms with van der Waals surface area (Å²) in [5.41, 5.74) is 10.1. The first-order chi connectivity index (χ1) is 9.47. The van der Waals surface area contributed by atoms with Crippen LogP contribution < -0.4 is 10.6 Å². The van der Waals surface area contributed by atoms with Crippen molar-refractivity contribution in [3.05, 3.63) is 64.2 Å². The number of nitrogens with zero attached hydrogens (tertiary/aromatic N) is 1. The van der Waals surface area contributed by atoms with Gasteiger partial charge in [0.25, 0.3) is 0 Å². The van der Waals surface area contributed by atoms with Crippen molar-refractivity contribution < 1.29 is 0 Å². The van der Waals surface area contributed by atoms with E-state index in [9.17, 15) is 0 Å². The molecule has 0 radical (unpaired) electrons. The summed E-state index contributed by atoms with van der Waals surface area (Å²) in [5.74, 6) is 0. The minimum Gasteiger partial charge on any atom is -0.389 e. The molecule has 0 bridgehead atoms. The lowest BCUT2D eigenvalue weighted by molar-refractivity contribution is 0.921. The molecule has 0 unspecified atom stereocenters. The highest BCUT2D eigenvalue weighted by molar-refractivity contribution is 7.80. The van der Waals surface area contributed by atoms with Gasteiger partial charge in [-0.2, -0.15) is 0 Å². The van der Waals surface area contributed by atoms with E-state index in [2.05, 4.69) is 17.9 Å². The van der Waals surface area contributed by atoms with Gasteiger partial charge in [-0.15, -0.1) is 0 Å². The molecule has 0 aliphatic carbocycles. The summed E-state index contributed by atoms with van der Waals surface area (Å²) in [6, 6.07) is 13.9. The molecule has 0 saturated carbocycles. The fraction of sp³-hybridized carbons (Fsp3) is 0.188. The number of benzene rings is 2. The van der Waals surface area contributed by atoms with Crippen molar-refractivity contribution in [2.24, 2.45) is 5.73 Å². The van der Waals surface area contributed by atoms with Crippen LogP contribution in [0.4, 0.5) is 5.69 Å². The first-order valence-corrected chi connectivity index (χ1v) is 7.12. The van der Waals surface area contributed by atoms with Gasteiger partial charge in [-0.05, 0) is 42.3 Å². The number of hydrogen-bond donors (Lipinski definition) is 1. The van der Waals surface area contributed by atoms with Crippen molar-refractivity contribution in [3.8, 4) is 0 Å². The summed E-state index contributed by atoms with van der Waals surface area (Å²) in [4.78, 5) is 2.56. The van der Waals surface area contributed by atoms with E-state index in [1.807, 2.05) is 43.4 Å². The molecular weight excluding hydrogens is 288 g/mol. The number of nitrogens with two attached hydrogens (primary N) is 1. The van der Waals surface area contributed by atoms with Crippen LogP contribution in [0.5, 0.6) is 0 Å². The van der Waals surface area contributed by atoms with E-state index < -0.39 is 0 Å². The Hall–Kier alpha value is -1.58. The zero-order chi connectivity index (χ0) is 14.7. The quantitative estimate of drug-likeness (QED) is 0.868. The Bertz CT molecular complexity index is 623. The second kappa shape index (κ2) is 6.25. The minimum absolute atomic E-state index is 0.419. The summed E-state index contributed by atoms with van der Waals surface area (Å²) in [7, 11) is 2.03. The second-order valence-electron chi connectivity index (χ2n) is 4.87. The smallest absolute Gasteiger partial charge is 0.106 e. The summed E-state index contributed by atoms with van der Waals surface area (Å²) < 4.78 is 0. The lowest BCUT2D eigenvalue weighted by Gasteiger charge is -2.23. The van der Waals surface area contributed by atoms with Crippen LogP contribution in [0.1, 0.15) is 16.7 Å². The molecule has 0 fully saturated rings. The lowest BCUT2D eigenvalue weighted by Crippen LogP contribution is -2.21. The third kappa shape index (κ3) is 3.50. The van der Waals surface area contributed by atoms with E-state index in [1.165, 1.54) is 11.1 Å². The zero-order valence-electron chi connectivity index (χ0n) is 11.6. The molecule has 0 heterocycles. The van der Waals surface area contributed by atoms with Crippen LogP contribution in [0.25, 0.3) is 0 Å². The number of rotatable bonds is 4. The Labute approximate surface area is 130 Å². The van der Waals surface area contributed by atoms with Crippen molar-refractivity contribution in [1.82, 2.24) is 0 Å². The van der Waals surface area contributed by atoms with Crippen LogP contribution in [0.3, 0.4) is 0 Å². The molecule has 4 heteroatoms. The maximum Gasteiger partial charge on any atom is 0.106 e. The fourth-order valence-electron chi connectivity index (χ4n) is 2.11. The monoisotopic (exact) mass is 304 g/mol. The molecule has 0 spiro atoms. The van der Waals surface area contributed by atoms with Crippen molar-refractivity contribution in [2.75, 3.05) is 11.9 Å². The molecular formula is C16H17ClN2S. The number of thiocarbonyl (C=S) groups is 1. The normalized spacial score (nSPS) is 10.3. The van der Waals surface area contributed by atoms with Crippen LogP contribution in [0, 0.1) is 6.92 Å². The lowest BCUT2D eigenvalue weighted by atomic mass is 10.1. The molecule has 0 atom stereocenters. The van der Waals surface area contributed by atoms with Crippen molar-refractivity contribution in [2.45, 2.75) is 13.5 Å². The highest BCUT2D eigenvalue weighted by Crippen LogP contribution is 2.23. The van der Waals surface area contributed by atoms with Crippen molar-refractivity contribution >= 4 is 34.5 Å². The molecule has 2 rings (SSSR count). The van der Waals surface area contributed by atoms with Gasteiger partial charge in [-0.25, -0.2) is 0 Å². The molecule has 104 valence electrons. The highest BCUT2D eigenvalue weighted by Gasteiger charge is 2.10. The average Bonchev–Trinajstić information content (AvgIpc) is 2.41. The van der Waals surface area contributed by atoms with Gasteiger partial charge in [0.2, 0.25) is 0 Å². The maximum absolute atomic E-state index is 5.91. The minimum atomic E-state index is 0.419. The number of hydrogen-bond acceptors (Lipinski definition) is 2. The molecule has 0 saturated heterocycles. The van der Waals surface area contributed by atoms with E-state index in [4.69, 9.17) is 29.6 Å². The van der Waals surface area contributed by atoms with Crippen LogP contribution in [-0.2, 0) is 6.54 Å². The Morgan fingerprint density at radius 2 is 1.85 bits per heavy atom. The van der Waals surface area contributed by atoms with Gasteiger partial charge in [0.1, 0.15) is 4.99 Å². The molecule has 20 heavy (non-hydrogen) atoms. The molecule has 0 aromatic heterocycles. The van der Waals surface area contributed by atoms with E-state index in [0.717, 1.165) is 22.8 Å². The van der Waals surface area contributed by atoms with Gasteiger partial charge in [0.15, 0.2) is 0 Å². The Balaban J connectivity index is 2.28. The first kappa shape index (κ1) is 14.8. The second-order valence-corrected chi connectivity index (χ2v) is 5.74. The van der Waals surface area contributed by atoms with Gasteiger partial charge in [0, 0.05) is 29.9 Å². The van der Waals surface area contributed by atoms with Crippen molar-refractivity contribution in [1.29, 1.82) is 0 Å². The standard InChI is InChI=1S/C16H17ClN2S/c1-11-3-8-14(16(18)20)15(9-11)19(2)10-12-4-6-13(17)7-5-12/h3-9H,10H2,1-2H3,(H2,18,20). The van der Waals surface area contributed by atoms with Gasteiger partial charge in [-0.1, -0.05) is 42.0 Å². The highest BCUT2D eigenvalue weighted by atomic mass is 35.5. The maximum atomic E-state index is 5.91. The Morgan fingerprint density at radius 1 is 1.20 bits per heavy atom.